The molecule has 2 nitrogen and oxygen atoms in total. The van der Waals surface area contributed by atoms with Gasteiger partial charge < -0.3 is 10.8 Å². The summed E-state index contributed by atoms with van der Waals surface area (Å²) >= 11 is 0. The third-order valence-corrected chi connectivity index (χ3v) is 2.67. The molecule has 0 aliphatic carbocycles. The Balaban J connectivity index is 2.93. The quantitative estimate of drug-likeness (QED) is 0.738. The van der Waals surface area contributed by atoms with E-state index in [0.717, 1.165) is 5.56 Å². The molecule has 2 atom stereocenters. The SMILES string of the molecule is CC(CN)C(C)(O)c1ccccc1. The van der Waals surface area contributed by atoms with Crippen LogP contribution in [0, 0.1) is 5.92 Å². The van der Waals surface area contributed by atoms with E-state index in [2.05, 4.69) is 0 Å². The van der Waals surface area contributed by atoms with E-state index in [1.807, 2.05) is 37.3 Å². The standard InChI is InChI=1S/C11H17NO/c1-9(8-12)11(2,13)10-6-4-3-5-7-10/h3-7,9,13H,8,12H2,1-2H3. The highest BCUT2D eigenvalue weighted by Gasteiger charge is 2.28. The van der Waals surface area contributed by atoms with E-state index in [1.165, 1.54) is 0 Å². The van der Waals surface area contributed by atoms with Gasteiger partial charge in [0.1, 0.15) is 0 Å². The number of hydrogen-bond donors (Lipinski definition) is 2. The molecular formula is C11H17NO. The van der Waals surface area contributed by atoms with Crippen LogP contribution in [0.4, 0.5) is 0 Å². The van der Waals surface area contributed by atoms with Gasteiger partial charge in [-0.25, -0.2) is 0 Å². The number of aliphatic hydroxyl groups is 1. The Morgan fingerprint density at radius 2 is 1.92 bits per heavy atom. The van der Waals surface area contributed by atoms with Gasteiger partial charge >= 0.3 is 0 Å². The number of nitrogens with two attached hydrogens (primary N) is 1. The topological polar surface area (TPSA) is 46.2 Å². The Bertz CT molecular complexity index is 256. The highest BCUT2D eigenvalue weighted by Crippen LogP contribution is 2.27. The van der Waals surface area contributed by atoms with Crippen LogP contribution in [0.2, 0.25) is 0 Å². The number of hydrogen-bond acceptors (Lipinski definition) is 2. The highest BCUT2D eigenvalue weighted by molar-refractivity contribution is 5.22. The van der Waals surface area contributed by atoms with Crippen molar-refractivity contribution in [1.82, 2.24) is 0 Å². The van der Waals surface area contributed by atoms with Crippen LogP contribution < -0.4 is 5.73 Å². The van der Waals surface area contributed by atoms with Crippen LogP contribution in [0.3, 0.4) is 0 Å². The molecule has 13 heavy (non-hydrogen) atoms. The first-order valence-electron chi connectivity index (χ1n) is 4.57. The second kappa shape index (κ2) is 3.90. The van der Waals surface area contributed by atoms with Gasteiger partial charge in [-0.15, -0.1) is 0 Å². The van der Waals surface area contributed by atoms with E-state index in [1.54, 1.807) is 6.92 Å². The maximum absolute atomic E-state index is 10.2. The summed E-state index contributed by atoms with van der Waals surface area (Å²) < 4.78 is 0. The van der Waals surface area contributed by atoms with E-state index in [-0.39, 0.29) is 5.92 Å². The number of benzene rings is 1. The molecule has 1 aromatic carbocycles. The van der Waals surface area contributed by atoms with Crippen molar-refractivity contribution in [3.05, 3.63) is 35.9 Å². The van der Waals surface area contributed by atoms with Gasteiger partial charge in [-0.1, -0.05) is 37.3 Å². The molecular weight excluding hydrogens is 162 g/mol. The summed E-state index contributed by atoms with van der Waals surface area (Å²) in [5, 5.41) is 10.2. The van der Waals surface area contributed by atoms with Gasteiger partial charge in [-0.3, -0.25) is 0 Å². The van der Waals surface area contributed by atoms with Crippen molar-refractivity contribution in [1.29, 1.82) is 0 Å². The van der Waals surface area contributed by atoms with E-state index >= 15 is 0 Å². The van der Waals surface area contributed by atoms with E-state index < -0.39 is 5.60 Å². The zero-order chi connectivity index (χ0) is 9.90. The summed E-state index contributed by atoms with van der Waals surface area (Å²) in [6, 6.07) is 9.63. The second-order valence-electron chi connectivity index (χ2n) is 3.65. The smallest absolute Gasteiger partial charge is 0.0905 e. The lowest BCUT2D eigenvalue weighted by atomic mass is 9.84. The summed E-state index contributed by atoms with van der Waals surface area (Å²) in [5.41, 5.74) is 5.64. The minimum atomic E-state index is -0.823. The average molecular weight is 179 g/mol. The van der Waals surface area contributed by atoms with Gasteiger partial charge in [0, 0.05) is 5.92 Å². The van der Waals surface area contributed by atoms with E-state index in [4.69, 9.17) is 5.73 Å². The average Bonchev–Trinajstić information content (AvgIpc) is 2.18. The monoisotopic (exact) mass is 179 g/mol. The number of rotatable bonds is 3. The van der Waals surface area contributed by atoms with Crippen molar-refractivity contribution in [2.45, 2.75) is 19.4 Å². The summed E-state index contributed by atoms with van der Waals surface area (Å²) in [6.07, 6.45) is 0. The minimum Gasteiger partial charge on any atom is -0.385 e. The van der Waals surface area contributed by atoms with Crippen molar-refractivity contribution in [2.24, 2.45) is 11.7 Å². The van der Waals surface area contributed by atoms with Gasteiger partial charge in [0.25, 0.3) is 0 Å². The van der Waals surface area contributed by atoms with Gasteiger partial charge in [0.2, 0.25) is 0 Å². The molecule has 72 valence electrons. The lowest BCUT2D eigenvalue weighted by Gasteiger charge is -2.29. The Labute approximate surface area is 79.4 Å². The van der Waals surface area contributed by atoms with Crippen molar-refractivity contribution >= 4 is 0 Å². The normalized spacial score (nSPS) is 17.8. The fourth-order valence-electron chi connectivity index (χ4n) is 1.29. The molecule has 1 rings (SSSR count). The minimum absolute atomic E-state index is 0.0647. The molecule has 3 N–H and O–H groups in total. The fraction of sp³-hybridized carbons (Fsp3) is 0.455. The zero-order valence-corrected chi connectivity index (χ0v) is 8.20. The van der Waals surface area contributed by atoms with Crippen LogP contribution in [-0.4, -0.2) is 11.7 Å². The molecule has 0 saturated heterocycles. The van der Waals surface area contributed by atoms with Gasteiger partial charge in [0.05, 0.1) is 5.60 Å². The Morgan fingerprint density at radius 1 is 1.38 bits per heavy atom. The molecule has 0 amide bonds. The molecule has 2 heteroatoms. The molecule has 2 unspecified atom stereocenters. The summed E-state index contributed by atoms with van der Waals surface area (Å²) in [4.78, 5) is 0. The largest absolute Gasteiger partial charge is 0.385 e. The van der Waals surface area contributed by atoms with Crippen LogP contribution in [0.25, 0.3) is 0 Å². The van der Waals surface area contributed by atoms with Crippen LogP contribution in [0.5, 0.6) is 0 Å². The van der Waals surface area contributed by atoms with E-state index in [9.17, 15) is 5.11 Å². The fourth-order valence-corrected chi connectivity index (χ4v) is 1.29. The zero-order valence-electron chi connectivity index (χ0n) is 8.20. The maximum Gasteiger partial charge on any atom is 0.0905 e. The van der Waals surface area contributed by atoms with Crippen molar-refractivity contribution < 1.29 is 5.11 Å². The van der Waals surface area contributed by atoms with Crippen molar-refractivity contribution in [2.75, 3.05) is 6.54 Å². The maximum atomic E-state index is 10.2. The Kier molecular flexibility index (Phi) is 3.07. The molecule has 0 aliphatic rings. The van der Waals surface area contributed by atoms with Crippen LogP contribution in [0.1, 0.15) is 19.4 Å². The lowest BCUT2D eigenvalue weighted by Crippen LogP contribution is -2.34. The predicted molar refractivity (Wildman–Crippen MR) is 54.2 cm³/mol. The summed E-state index contributed by atoms with van der Waals surface area (Å²) in [6.45, 7) is 4.24. The first-order chi connectivity index (χ1) is 6.09. The molecule has 0 spiro atoms. The molecule has 0 radical (unpaired) electrons. The van der Waals surface area contributed by atoms with Crippen LogP contribution in [0.15, 0.2) is 30.3 Å². The molecule has 1 aromatic rings. The van der Waals surface area contributed by atoms with Gasteiger partial charge in [-0.05, 0) is 19.0 Å². The summed E-state index contributed by atoms with van der Waals surface area (Å²) in [7, 11) is 0. The Morgan fingerprint density at radius 3 is 2.38 bits per heavy atom. The Hall–Kier alpha value is -0.860. The summed E-state index contributed by atoms with van der Waals surface area (Å²) in [5.74, 6) is 0.0647. The molecule has 0 aromatic heterocycles. The third-order valence-electron chi connectivity index (χ3n) is 2.67. The van der Waals surface area contributed by atoms with Gasteiger partial charge in [-0.2, -0.15) is 0 Å². The molecule has 0 saturated carbocycles. The molecule has 0 fully saturated rings. The molecule has 0 aliphatic heterocycles. The van der Waals surface area contributed by atoms with Crippen molar-refractivity contribution in [3.63, 3.8) is 0 Å². The van der Waals surface area contributed by atoms with E-state index in [0.29, 0.717) is 6.54 Å². The predicted octanol–water partition coefficient (Wildman–Crippen LogP) is 1.49. The first-order valence-corrected chi connectivity index (χ1v) is 4.57. The molecule has 0 bridgehead atoms. The lowest BCUT2D eigenvalue weighted by molar-refractivity contribution is 0.00520. The van der Waals surface area contributed by atoms with Crippen molar-refractivity contribution in [3.8, 4) is 0 Å². The highest BCUT2D eigenvalue weighted by atomic mass is 16.3. The van der Waals surface area contributed by atoms with Crippen LogP contribution >= 0.6 is 0 Å². The van der Waals surface area contributed by atoms with Gasteiger partial charge in [0.15, 0.2) is 0 Å². The molecule has 0 heterocycles. The first kappa shape index (κ1) is 10.2. The van der Waals surface area contributed by atoms with Crippen LogP contribution in [-0.2, 0) is 5.60 Å². The third kappa shape index (κ3) is 2.08. The second-order valence-corrected chi connectivity index (χ2v) is 3.65.